The van der Waals surface area contributed by atoms with Crippen molar-refractivity contribution in [2.75, 3.05) is 18.4 Å². The maximum atomic E-state index is 12.0. The van der Waals surface area contributed by atoms with Gasteiger partial charge in [0.2, 0.25) is 0 Å². The molecule has 2 aliphatic rings. The van der Waals surface area contributed by atoms with E-state index in [1.165, 1.54) is 25.8 Å². The van der Waals surface area contributed by atoms with E-state index in [0.29, 0.717) is 6.04 Å². The number of carbonyl (C=O) groups excluding carboxylic acids is 1. The molecule has 0 aliphatic carbocycles. The summed E-state index contributed by atoms with van der Waals surface area (Å²) in [5.41, 5.74) is 0.735. The first-order valence-corrected chi connectivity index (χ1v) is 7.04. The third kappa shape index (κ3) is 2.87. The molecule has 3 heterocycles. The Hall–Kier alpha value is -1.62. The first-order chi connectivity index (χ1) is 9.33. The fourth-order valence-electron chi connectivity index (χ4n) is 3.19. The van der Waals surface area contributed by atoms with Crippen molar-refractivity contribution >= 4 is 11.7 Å². The Morgan fingerprint density at radius 3 is 3.11 bits per heavy atom. The quantitative estimate of drug-likeness (QED) is 0.853. The van der Waals surface area contributed by atoms with E-state index in [2.05, 4.69) is 20.5 Å². The summed E-state index contributed by atoms with van der Waals surface area (Å²) < 4.78 is 0. The number of carbonyl (C=O) groups is 1. The molecule has 19 heavy (non-hydrogen) atoms. The minimum atomic E-state index is -0.120. The summed E-state index contributed by atoms with van der Waals surface area (Å²) in [5, 5.41) is 5.94. The van der Waals surface area contributed by atoms with Gasteiger partial charge in [0.05, 0.1) is 11.9 Å². The molecule has 5 heteroatoms. The molecule has 2 atom stereocenters. The second-order valence-electron chi connectivity index (χ2n) is 5.33. The van der Waals surface area contributed by atoms with Gasteiger partial charge >= 0.3 is 6.03 Å². The summed E-state index contributed by atoms with van der Waals surface area (Å²) in [6.07, 6.45) is 8.19. The fraction of sp³-hybridized carbons (Fsp3) is 0.571. The number of pyridine rings is 1. The van der Waals surface area contributed by atoms with Crippen LogP contribution in [0.4, 0.5) is 10.5 Å². The first-order valence-electron chi connectivity index (χ1n) is 7.04. The highest BCUT2D eigenvalue weighted by Crippen LogP contribution is 2.27. The Balaban J connectivity index is 1.55. The van der Waals surface area contributed by atoms with Crippen molar-refractivity contribution in [3.63, 3.8) is 0 Å². The Morgan fingerprint density at radius 2 is 2.26 bits per heavy atom. The molecule has 2 amide bonds. The first kappa shape index (κ1) is 12.4. The van der Waals surface area contributed by atoms with Gasteiger partial charge in [-0.2, -0.15) is 0 Å². The monoisotopic (exact) mass is 260 g/mol. The van der Waals surface area contributed by atoms with Crippen molar-refractivity contribution in [3.8, 4) is 0 Å². The van der Waals surface area contributed by atoms with Gasteiger partial charge in [-0.15, -0.1) is 0 Å². The molecule has 5 nitrogen and oxygen atoms in total. The normalized spacial score (nSPS) is 26.7. The molecule has 0 spiro atoms. The van der Waals surface area contributed by atoms with Gasteiger partial charge < -0.3 is 10.6 Å². The lowest BCUT2D eigenvalue weighted by Crippen LogP contribution is -2.47. The highest BCUT2D eigenvalue weighted by Gasteiger charge is 2.36. The van der Waals surface area contributed by atoms with Gasteiger partial charge in [-0.25, -0.2) is 4.79 Å². The van der Waals surface area contributed by atoms with Crippen molar-refractivity contribution < 1.29 is 4.79 Å². The van der Waals surface area contributed by atoms with E-state index in [0.717, 1.165) is 18.7 Å². The number of aromatic nitrogens is 1. The number of anilines is 1. The molecule has 0 aromatic carbocycles. The molecule has 3 rings (SSSR count). The zero-order valence-corrected chi connectivity index (χ0v) is 11.0. The van der Waals surface area contributed by atoms with Gasteiger partial charge in [0, 0.05) is 24.8 Å². The molecular formula is C14H20N4O. The highest BCUT2D eigenvalue weighted by molar-refractivity contribution is 5.89. The van der Waals surface area contributed by atoms with Crippen molar-refractivity contribution in [2.45, 2.75) is 37.8 Å². The summed E-state index contributed by atoms with van der Waals surface area (Å²) in [6, 6.07) is 4.36. The summed E-state index contributed by atoms with van der Waals surface area (Å²) in [6.45, 7) is 2.30. The molecular weight excluding hydrogens is 240 g/mol. The highest BCUT2D eigenvalue weighted by atomic mass is 16.2. The van der Waals surface area contributed by atoms with Gasteiger partial charge in [-0.1, -0.05) is 6.42 Å². The largest absolute Gasteiger partial charge is 0.334 e. The zero-order chi connectivity index (χ0) is 13.1. The average molecular weight is 260 g/mol. The van der Waals surface area contributed by atoms with E-state index in [1.807, 2.05) is 12.1 Å². The van der Waals surface area contributed by atoms with Crippen LogP contribution in [0.3, 0.4) is 0 Å². The molecule has 1 aromatic heterocycles. The van der Waals surface area contributed by atoms with Crippen LogP contribution in [0.25, 0.3) is 0 Å². The van der Waals surface area contributed by atoms with Crippen molar-refractivity contribution in [2.24, 2.45) is 0 Å². The molecule has 0 radical (unpaired) electrons. The third-order valence-electron chi connectivity index (χ3n) is 4.09. The number of urea groups is 1. The van der Waals surface area contributed by atoms with Gasteiger partial charge in [-0.05, 0) is 37.9 Å². The Kier molecular flexibility index (Phi) is 3.64. The van der Waals surface area contributed by atoms with Gasteiger partial charge in [-0.3, -0.25) is 9.88 Å². The van der Waals surface area contributed by atoms with Crippen LogP contribution in [-0.4, -0.2) is 41.1 Å². The number of amides is 2. The van der Waals surface area contributed by atoms with E-state index < -0.39 is 0 Å². The third-order valence-corrected chi connectivity index (χ3v) is 4.09. The number of fused-ring (bicyclic) bond motifs is 1. The maximum Gasteiger partial charge on any atom is 0.319 e. The standard InChI is InChI=1S/C14H20N4O/c19-14(16-11-4-3-7-15-10-11)17-12-6-9-18-8-2-1-5-13(12)18/h3-4,7,10,12-13H,1-2,5-6,8-9H2,(H2,16,17,19)/t12-,13-/m0/s1. The van der Waals surface area contributed by atoms with Gasteiger partial charge in [0.25, 0.3) is 0 Å². The summed E-state index contributed by atoms with van der Waals surface area (Å²) in [7, 11) is 0. The lowest BCUT2D eigenvalue weighted by molar-refractivity contribution is 0.180. The van der Waals surface area contributed by atoms with Crippen LogP contribution in [-0.2, 0) is 0 Å². The number of hydrogen-bond donors (Lipinski definition) is 2. The van der Waals surface area contributed by atoms with Crippen LogP contribution < -0.4 is 10.6 Å². The van der Waals surface area contributed by atoms with Crippen LogP contribution in [0, 0.1) is 0 Å². The van der Waals surface area contributed by atoms with Gasteiger partial charge in [0.1, 0.15) is 0 Å². The molecule has 102 valence electrons. The molecule has 0 saturated carbocycles. The van der Waals surface area contributed by atoms with Crippen LogP contribution >= 0.6 is 0 Å². The smallest absolute Gasteiger partial charge is 0.319 e. The topological polar surface area (TPSA) is 57.3 Å². The van der Waals surface area contributed by atoms with E-state index >= 15 is 0 Å². The second kappa shape index (κ2) is 5.57. The van der Waals surface area contributed by atoms with Crippen LogP contribution in [0.1, 0.15) is 25.7 Å². The van der Waals surface area contributed by atoms with E-state index in [4.69, 9.17) is 0 Å². The Labute approximate surface area is 113 Å². The van der Waals surface area contributed by atoms with E-state index in [-0.39, 0.29) is 12.1 Å². The molecule has 2 saturated heterocycles. The van der Waals surface area contributed by atoms with E-state index in [1.54, 1.807) is 12.4 Å². The lowest BCUT2D eigenvalue weighted by atomic mass is 9.99. The van der Waals surface area contributed by atoms with Crippen molar-refractivity contribution in [3.05, 3.63) is 24.5 Å². The van der Waals surface area contributed by atoms with E-state index in [9.17, 15) is 4.79 Å². The fourth-order valence-corrected chi connectivity index (χ4v) is 3.19. The van der Waals surface area contributed by atoms with Crippen LogP contribution in [0.15, 0.2) is 24.5 Å². The van der Waals surface area contributed by atoms with Crippen molar-refractivity contribution in [1.29, 1.82) is 0 Å². The maximum absolute atomic E-state index is 12.0. The molecule has 1 aromatic rings. The molecule has 2 aliphatic heterocycles. The Bertz CT molecular complexity index is 436. The number of nitrogens with one attached hydrogen (secondary N) is 2. The Morgan fingerprint density at radius 1 is 1.32 bits per heavy atom. The van der Waals surface area contributed by atoms with Crippen LogP contribution in [0.5, 0.6) is 0 Å². The predicted octanol–water partition coefficient (Wildman–Crippen LogP) is 1.83. The second-order valence-corrected chi connectivity index (χ2v) is 5.33. The molecule has 0 bridgehead atoms. The lowest BCUT2D eigenvalue weighted by Gasteiger charge is -2.32. The van der Waals surface area contributed by atoms with Crippen molar-refractivity contribution in [1.82, 2.24) is 15.2 Å². The SMILES string of the molecule is O=C(Nc1cccnc1)N[C@H]1CCN2CCCC[C@@H]12. The minimum Gasteiger partial charge on any atom is -0.334 e. The summed E-state index contributed by atoms with van der Waals surface area (Å²) >= 11 is 0. The number of hydrogen-bond acceptors (Lipinski definition) is 3. The summed E-state index contributed by atoms with van der Waals surface area (Å²) in [4.78, 5) is 18.5. The average Bonchev–Trinajstić information content (AvgIpc) is 2.83. The predicted molar refractivity (Wildman–Crippen MR) is 74.0 cm³/mol. The number of rotatable bonds is 2. The summed E-state index contributed by atoms with van der Waals surface area (Å²) in [5.74, 6) is 0. The van der Waals surface area contributed by atoms with Crippen LogP contribution in [0.2, 0.25) is 0 Å². The minimum absolute atomic E-state index is 0.120. The molecule has 0 unspecified atom stereocenters. The number of nitrogens with zero attached hydrogens (tertiary/aromatic N) is 2. The zero-order valence-electron chi connectivity index (χ0n) is 11.0. The molecule has 2 N–H and O–H groups in total. The molecule has 2 fully saturated rings. The van der Waals surface area contributed by atoms with Gasteiger partial charge in [0.15, 0.2) is 0 Å². The number of piperidine rings is 1.